The molecule has 12 heavy (non-hydrogen) atoms. The van der Waals surface area contributed by atoms with Crippen molar-refractivity contribution in [2.45, 2.75) is 0 Å². The second kappa shape index (κ2) is 1.79. The van der Waals surface area contributed by atoms with Crippen LogP contribution in [0.15, 0.2) is 4.99 Å². The second-order valence-electron chi connectivity index (χ2n) is 2.44. The molecule has 1 amide bonds. The zero-order valence-electron chi connectivity index (χ0n) is 5.96. The molecule has 0 radical (unpaired) electrons. The molecule has 2 heterocycles. The number of hydrogen-bond acceptors (Lipinski definition) is 4. The molecule has 0 bridgehead atoms. The molecule has 1 aromatic rings. The molecule has 0 aliphatic carbocycles. The van der Waals surface area contributed by atoms with E-state index in [1.54, 1.807) is 0 Å². The minimum Gasteiger partial charge on any atom is -0.494 e. The molecule has 6 heteroatoms. The van der Waals surface area contributed by atoms with E-state index in [9.17, 15) is 9.90 Å². The van der Waals surface area contributed by atoms with E-state index >= 15 is 0 Å². The summed E-state index contributed by atoms with van der Waals surface area (Å²) in [4.78, 5) is 16.9. The number of amidine groups is 1. The Morgan fingerprint density at radius 2 is 2.00 bits per heavy atom. The largest absolute Gasteiger partial charge is 0.494 e. The van der Waals surface area contributed by atoms with E-state index in [1.165, 1.54) is 0 Å². The molecular weight excluding hydrogens is 160 g/mol. The van der Waals surface area contributed by atoms with Gasteiger partial charge in [-0.2, -0.15) is 4.99 Å². The lowest BCUT2D eigenvalue weighted by Gasteiger charge is -1.89. The van der Waals surface area contributed by atoms with E-state index in [-0.39, 0.29) is 28.7 Å². The van der Waals surface area contributed by atoms with Crippen LogP contribution in [-0.4, -0.2) is 21.8 Å². The van der Waals surface area contributed by atoms with E-state index in [1.807, 2.05) is 0 Å². The fourth-order valence-electron chi connectivity index (χ4n) is 1.20. The molecule has 0 saturated carbocycles. The molecule has 2 rings (SSSR count). The highest BCUT2D eigenvalue weighted by molar-refractivity contribution is 6.23. The summed E-state index contributed by atoms with van der Waals surface area (Å²) in [6, 6.07) is 0. The van der Waals surface area contributed by atoms with Gasteiger partial charge in [0.25, 0.3) is 5.91 Å². The summed E-state index contributed by atoms with van der Waals surface area (Å²) in [7, 11) is 0. The van der Waals surface area contributed by atoms with Crippen molar-refractivity contribution in [2.24, 2.45) is 10.7 Å². The lowest BCUT2D eigenvalue weighted by Crippen LogP contribution is -2.09. The fourth-order valence-corrected chi connectivity index (χ4v) is 1.20. The van der Waals surface area contributed by atoms with Crippen LogP contribution in [0.3, 0.4) is 0 Å². The Bertz CT molecular complexity index is 404. The van der Waals surface area contributed by atoms with E-state index in [2.05, 4.69) is 9.98 Å². The average molecular weight is 166 g/mol. The quantitative estimate of drug-likeness (QED) is 0.402. The molecule has 6 nitrogen and oxygen atoms in total. The SMILES string of the molecule is NC1=NC(=O)c2c(N)[nH]c(O)c21. The van der Waals surface area contributed by atoms with Crippen LogP contribution in [0.5, 0.6) is 5.88 Å². The first-order valence-corrected chi connectivity index (χ1v) is 3.20. The third-order valence-corrected chi connectivity index (χ3v) is 1.70. The number of anilines is 1. The van der Waals surface area contributed by atoms with Crippen molar-refractivity contribution < 1.29 is 9.90 Å². The van der Waals surface area contributed by atoms with Crippen molar-refractivity contribution in [3.63, 3.8) is 0 Å². The van der Waals surface area contributed by atoms with Crippen molar-refractivity contribution in [2.75, 3.05) is 5.73 Å². The predicted molar refractivity (Wildman–Crippen MR) is 41.9 cm³/mol. The minimum absolute atomic E-state index is 0.000417. The number of carbonyl (C=O) groups excluding carboxylic acids is 1. The van der Waals surface area contributed by atoms with Gasteiger partial charge in [0, 0.05) is 0 Å². The molecule has 0 unspecified atom stereocenters. The first-order chi connectivity index (χ1) is 5.61. The first kappa shape index (κ1) is 6.71. The van der Waals surface area contributed by atoms with Gasteiger partial charge in [-0.25, -0.2) is 0 Å². The number of rotatable bonds is 0. The Hall–Kier alpha value is -1.98. The van der Waals surface area contributed by atoms with E-state index < -0.39 is 5.91 Å². The topological polar surface area (TPSA) is 117 Å². The van der Waals surface area contributed by atoms with Gasteiger partial charge in [0.2, 0.25) is 5.88 Å². The molecule has 0 aromatic carbocycles. The Morgan fingerprint density at radius 3 is 2.58 bits per heavy atom. The van der Waals surface area contributed by atoms with Crippen LogP contribution in [0.4, 0.5) is 5.82 Å². The maximum absolute atomic E-state index is 11.0. The number of aliphatic imine (C=N–C) groups is 1. The van der Waals surface area contributed by atoms with E-state index in [0.717, 1.165) is 0 Å². The molecule has 1 aliphatic heterocycles. The molecule has 1 aromatic heterocycles. The molecule has 62 valence electrons. The predicted octanol–water partition coefficient (Wildman–Crippen LogP) is -0.838. The first-order valence-electron chi connectivity index (χ1n) is 3.20. The van der Waals surface area contributed by atoms with Gasteiger partial charge in [0.1, 0.15) is 11.7 Å². The molecule has 1 aliphatic rings. The lowest BCUT2D eigenvalue weighted by atomic mass is 10.2. The van der Waals surface area contributed by atoms with Gasteiger partial charge in [-0.05, 0) is 0 Å². The van der Waals surface area contributed by atoms with Crippen LogP contribution in [-0.2, 0) is 0 Å². The number of aromatic amines is 1. The highest BCUT2D eigenvalue weighted by Crippen LogP contribution is 2.30. The molecular formula is C6H6N4O2. The highest BCUT2D eigenvalue weighted by Gasteiger charge is 2.29. The maximum atomic E-state index is 11.0. The summed E-state index contributed by atoms with van der Waals surface area (Å²) in [6.45, 7) is 0. The van der Waals surface area contributed by atoms with Crippen molar-refractivity contribution in [3.05, 3.63) is 11.1 Å². The Kier molecular flexibility index (Phi) is 0.999. The molecule has 0 fully saturated rings. The number of amides is 1. The van der Waals surface area contributed by atoms with Gasteiger partial charge in [-0.3, -0.25) is 4.79 Å². The smallest absolute Gasteiger partial charge is 0.283 e. The van der Waals surface area contributed by atoms with Gasteiger partial charge in [-0.15, -0.1) is 0 Å². The van der Waals surface area contributed by atoms with Gasteiger partial charge < -0.3 is 21.6 Å². The Morgan fingerprint density at radius 1 is 1.33 bits per heavy atom. The Labute approximate surface area is 66.9 Å². The highest BCUT2D eigenvalue weighted by atomic mass is 16.3. The fraction of sp³-hybridized carbons (Fsp3) is 0. The molecule has 0 saturated heterocycles. The third-order valence-electron chi connectivity index (χ3n) is 1.70. The number of H-pyrrole nitrogens is 1. The minimum atomic E-state index is -0.517. The number of nitrogen functional groups attached to an aromatic ring is 1. The molecule has 0 spiro atoms. The summed E-state index contributed by atoms with van der Waals surface area (Å²) < 4.78 is 0. The number of aromatic hydroxyl groups is 1. The van der Waals surface area contributed by atoms with Gasteiger partial charge in [-0.1, -0.05) is 0 Å². The maximum Gasteiger partial charge on any atom is 0.283 e. The van der Waals surface area contributed by atoms with E-state index in [4.69, 9.17) is 11.5 Å². The van der Waals surface area contributed by atoms with Crippen molar-refractivity contribution in [3.8, 4) is 5.88 Å². The number of carbonyl (C=O) groups is 1. The summed E-state index contributed by atoms with van der Waals surface area (Å²) in [5, 5.41) is 9.19. The van der Waals surface area contributed by atoms with E-state index in [0.29, 0.717) is 0 Å². The Balaban J connectivity index is 2.79. The van der Waals surface area contributed by atoms with Crippen molar-refractivity contribution in [1.29, 1.82) is 0 Å². The van der Waals surface area contributed by atoms with Crippen LogP contribution in [0.1, 0.15) is 15.9 Å². The van der Waals surface area contributed by atoms with Crippen molar-refractivity contribution in [1.82, 2.24) is 4.98 Å². The molecule has 0 atom stereocenters. The number of fused-ring (bicyclic) bond motifs is 1. The summed E-state index contributed by atoms with van der Waals surface area (Å²) >= 11 is 0. The van der Waals surface area contributed by atoms with Crippen LogP contribution in [0.25, 0.3) is 0 Å². The number of aromatic nitrogens is 1. The molecule has 6 N–H and O–H groups in total. The number of nitrogens with two attached hydrogens (primary N) is 2. The van der Waals surface area contributed by atoms with Crippen LogP contribution in [0, 0.1) is 0 Å². The average Bonchev–Trinajstić information content (AvgIpc) is 2.38. The number of nitrogens with zero attached hydrogens (tertiary/aromatic N) is 1. The monoisotopic (exact) mass is 166 g/mol. The van der Waals surface area contributed by atoms with Gasteiger partial charge >= 0.3 is 0 Å². The van der Waals surface area contributed by atoms with Gasteiger partial charge in [0.05, 0.1) is 11.1 Å². The normalized spacial score (nSPS) is 14.7. The van der Waals surface area contributed by atoms with Crippen LogP contribution >= 0.6 is 0 Å². The van der Waals surface area contributed by atoms with Crippen LogP contribution in [0.2, 0.25) is 0 Å². The summed E-state index contributed by atoms with van der Waals surface area (Å²) in [5.74, 6) is -0.636. The van der Waals surface area contributed by atoms with Crippen molar-refractivity contribution >= 4 is 17.6 Å². The zero-order valence-corrected chi connectivity index (χ0v) is 5.96. The number of nitrogens with one attached hydrogen (secondary N) is 1. The number of hydrogen-bond donors (Lipinski definition) is 4. The van der Waals surface area contributed by atoms with Gasteiger partial charge in [0.15, 0.2) is 0 Å². The third kappa shape index (κ3) is 0.584. The second-order valence-corrected chi connectivity index (χ2v) is 2.44. The summed E-state index contributed by atoms with van der Waals surface area (Å²) in [5.41, 5.74) is 11.1. The summed E-state index contributed by atoms with van der Waals surface area (Å²) in [6.07, 6.45) is 0. The standard InChI is InChI=1S/C6H6N4O2/c7-3-1-2(6(12)9-3)4(8)10-5(1)11/h9,12H,7H2,(H2,8,10,11). The zero-order chi connectivity index (χ0) is 8.88. The van der Waals surface area contributed by atoms with Crippen LogP contribution < -0.4 is 11.5 Å². The lowest BCUT2D eigenvalue weighted by molar-refractivity contribution is 0.101.